The highest BCUT2D eigenvalue weighted by Crippen LogP contribution is 2.54. The lowest BCUT2D eigenvalue weighted by Crippen LogP contribution is -2.37. The first-order chi connectivity index (χ1) is 17.0. The number of benzene rings is 2. The van der Waals surface area contributed by atoms with Crippen LogP contribution in [0.25, 0.3) is 11.3 Å². The summed E-state index contributed by atoms with van der Waals surface area (Å²) in [5.41, 5.74) is 3.72. The van der Waals surface area contributed by atoms with Crippen molar-refractivity contribution in [2.45, 2.75) is 42.0 Å². The zero-order chi connectivity index (χ0) is 24.0. The summed E-state index contributed by atoms with van der Waals surface area (Å²) in [5, 5.41) is 9.55. The first-order valence-corrected chi connectivity index (χ1v) is 13.6. The van der Waals surface area contributed by atoms with Gasteiger partial charge < -0.3 is 14.6 Å². The van der Waals surface area contributed by atoms with Gasteiger partial charge in [-0.25, -0.2) is 8.42 Å². The molecule has 1 aliphatic carbocycles. The van der Waals surface area contributed by atoms with Crippen molar-refractivity contribution < 1.29 is 23.0 Å². The van der Waals surface area contributed by atoms with E-state index in [0.717, 1.165) is 47.7 Å². The maximum atomic E-state index is 13.1. The fourth-order valence-electron chi connectivity index (χ4n) is 5.26. The summed E-state index contributed by atoms with van der Waals surface area (Å²) in [6.45, 7) is 1.42. The predicted octanol–water partition coefficient (Wildman–Crippen LogP) is 3.75. The molecule has 1 N–H and O–H groups in total. The van der Waals surface area contributed by atoms with Crippen LogP contribution in [0.1, 0.15) is 36.9 Å². The predicted molar refractivity (Wildman–Crippen MR) is 131 cm³/mol. The van der Waals surface area contributed by atoms with Gasteiger partial charge in [-0.2, -0.15) is 4.31 Å². The summed E-state index contributed by atoms with van der Waals surface area (Å²) < 4.78 is 39.1. The summed E-state index contributed by atoms with van der Waals surface area (Å²) in [7, 11) is -3.63. The van der Waals surface area contributed by atoms with Crippen molar-refractivity contribution in [3.63, 3.8) is 0 Å². The minimum absolute atomic E-state index is 0.135. The molecule has 1 saturated heterocycles. The molecule has 1 atom stereocenters. The number of aliphatic hydroxyl groups excluding tert-OH is 1. The third-order valence-electron chi connectivity index (χ3n) is 7.37. The van der Waals surface area contributed by atoms with Gasteiger partial charge in [0.1, 0.15) is 13.2 Å². The molecule has 7 nitrogen and oxygen atoms in total. The molecule has 1 aromatic heterocycles. The van der Waals surface area contributed by atoms with Crippen LogP contribution >= 0.6 is 0 Å². The lowest BCUT2D eigenvalue weighted by atomic mass is 9.91. The largest absolute Gasteiger partial charge is 0.486 e. The Morgan fingerprint density at radius 2 is 1.77 bits per heavy atom. The van der Waals surface area contributed by atoms with Gasteiger partial charge in [-0.3, -0.25) is 4.98 Å². The number of pyridine rings is 1. The van der Waals surface area contributed by atoms with Gasteiger partial charge >= 0.3 is 0 Å². The third kappa shape index (κ3) is 3.90. The van der Waals surface area contributed by atoms with Gasteiger partial charge in [0.05, 0.1) is 22.9 Å². The Balaban J connectivity index is 1.28. The van der Waals surface area contributed by atoms with Gasteiger partial charge in [0, 0.05) is 23.6 Å². The van der Waals surface area contributed by atoms with Crippen LogP contribution in [-0.2, 0) is 15.4 Å². The van der Waals surface area contributed by atoms with Crippen molar-refractivity contribution in [3.8, 4) is 22.8 Å². The molecule has 2 aliphatic heterocycles. The lowest BCUT2D eigenvalue weighted by molar-refractivity contribution is 0.171. The van der Waals surface area contributed by atoms with Gasteiger partial charge in [-0.15, -0.1) is 0 Å². The van der Waals surface area contributed by atoms with Crippen molar-refractivity contribution in [1.29, 1.82) is 0 Å². The Morgan fingerprint density at radius 3 is 2.51 bits per heavy atom. The van der Waals surface area contributed by atoms with E-state index in [1.807, 2.05) is 30.3 Å². The van der Waals surface area contributed by atoms with E-state index in [4.69, 9.17) is 14.5 Å². The number of rotatable bonds is 6. The second-order valence-corrected chi connectivity index (χ2v) is 11.4. The topological polar surface area (TPSA) is 89.0 Å². The molecule has 8 heteroatoms. The highest BCUT2D eigenvalue weighted by molar-refractivity contribution is 7.89. The molecule has 1 saturated carbocycles. The Labute approximate surface area is 205 Å². The average Bonchev–Trinajstić information content (AvgIpc) is 3.57. The zero-order valence-electron chi connectivity index (χ0n) is 19.4. The SMILES string of the molecule is O=S(=O)(c1ccc(-c2cccc(C3(c4ccc5c(c4)OCCO5)CC3)n2)cc1)N1CCC[C@@H]1CO. The second kappa shape index (κ2) is 8.62. The molecule has 3 aromatic rings. The van der Waals surface area contributed by atoms with Crippen LogP contribution in [0, 0.1) is 0 Å². The van der Waals surface area contributed by atoms with E-state index >= 15 is 0 Å². The zero-order valence-corrected chi connectivity index (χ0v) is 20.2. The Kier molecular flexibility index (Phi) is 5.55. The molecule has 3 aliphatic rings. The normalized spacial score (nSPS) is 21.1. The fraction of sp³-hybridized carbons (Fsp3) is 0.370. The molecular formula is C27H28N2O5S. The van der Waals surface area contributed by atoms with Crippen LogP contribution in [0.2, 0.25) is 0 Å². The van der Waals surface area contributed by atoms with Crippen molar-refractivity contribution in [3.05, 3.63) is 71.9 Å². The third-order valence-corrected chi connectivity index (χ3v) is 9.34. The standard InChI is InChI=1S/C27H28N2O5S/c30-18-21-3-2-14-29(21)35(31,32)22-9-6-19(7-10-22)23-4-1-5-26(28-23)27(12-13-27)20-8-11-24-25(17-20)34-16-15-33-24/h1,4-11,17,21,30H,2-3,12-16,18H2/t21-/m1/s1. The number of sulfonamides is 1. The smallest absolute Gasteiger partial charge is 0.243 e. The van der Waals surface area contributed by atoms with Crippen molar-refractivity contribution >= 4 is 10.0 Å². The molecule has 3 heterocycles. The number of ether oxygens (including phenoxy) is 2. The van der Waals surface area contributed by atoms with E-state index in [-0.39, 0.29) is 23.0 Å². The summed E-state index contributed by atoms with van der Waals surface area (Å²) in [6.07, 6.45) is 3.49. The number of nitrogens with zero attached hydrogens (tertiary/aromatic N) is 2. The highest BCUT2D eigenvalue weighted by Gasteiger charge is 2.47. The Hall–Kier alpha value is -2.94. The van der Waals surface area contributed by atoms with Gasteiger partial charge in [0.15, 0.2) is 11.5 Å². The van der Waals surface area contributed by atoms with E-state index in [0.29, 0.717) is 26.2 Å². The molecule has 0 unspecified atom stereocenters. The molecule has 0 spiro atoms. The first kappa shape index (κ1) is 22.5. The quantitative estimate of drug-likeness (QED) is 0.564. The van der Waals surface area contributed by atoms with Crippen molar-refractivity contribution in [2.24, 2.45) is 0 Å². The van der Waals surface area contributed by atoms with Crippen molar-refractivity contribution in [1.82, 2.24) is 9.29 Å². The van der Waals surface area contributed by atoms with Crippen LogP contribution in [-0.4, -0.2) is 55.2 Å². The molecule has 2 aromatic carbocycles. The molecular weight excluding hydrogens is 464 g/mol. The number of fused-ring (bicyclic) bond motifs is 1. The van der Waals surface area contributed by atoms with Gasteiger partial charge in [-0.1, -0.05) is 24.3 Å². The van der Waals surface area contributed by atoms with Crippen LogP contribution < -0.4 is 9.47 Å². The summed E-state index contributed by atoms with van der Waals surface area (Å²) >= 11 is 0. The summed E-state index contributed by atoms with van der Waals surface area (Å²) in [5.74, 6) is 1.57. The number of aliphatic hydroxyl groups is 1. The Morgan fingerprint density at radius 1 is 1.00 bits per heavy atom. The first-order valence-electron chi connectivity index (χ1n) is 12.1. The highest BCUT2D eigenvalue weighted by atomic mass is 32.2. The van der Waals surface area contributed by atoms with E-state index in [1.54, 1.807) is 12.1 Å². The molecule has 0 bridgehead atoms. The minimum atomic E-state index is -3.63. The Bertz CT molecular complexity index is 1350. The minimum Gasteiger partial charge on any atom is -0.486 e. The van der Waals surface area contributed by atoms with E-state index in [2.05, 4.69) is 18.2 Å². The molecule has 35 heavy (non-hydrogen) atoms. The second-order valence-electron chi connectivity index (χ2n) is 9.47. The van der Waals surface area contributed by atoms with Gasteiger partial charge in [0.25, 0.3) is 0 Å². The molecule has 0 amide bonds. The molecule has 182 valence electrons. The van der Waals surface area contributed by atoms with Crippen LogP contribution in [0.5, 0.6) is 11.5 Å². The fourth-order valence-corrected chi connectivity index (χ4v) is 6.95. The number of hydrogen-bond donors (Lipinski definition) is 1. The van der Waals surface area contributed by atoms with Gasteiger partial charge in [-0.05, 0) is 67.6 Å². The van der Waals surface area contributed by atoms with Crippen LogP contribution in [0.15, 0.2) is 65.6 Å². The van der Waals surface area contributed by atoms with E-state index in [9.17, 15) is 13.5 Å². The van der Waals surface area contributed by atoms with Gasteiger partial charge in [0.2, 0.25) is 10.0 Å². The maximum Gasteiger partial charge on any atom is 0.243 e. The number of aromatic nitrogens is 1. The molecule has 6 rings (SSSR count). The number of hydrogen-bond acceptors (Lipinski definition) is 6. The van der Waals surface area contributed by atoms with E-state index in [1.165, 1.54) is 9.87 Å². The monoisotopic (exact) mass is 492 g/mol. The lowest BCUT2D eigenvalue weighted by Gasteiger charge is -2.22. The van der Waals surface area contributed by atoms with Crippen LogP contribution in [0.3, 0.4) is 0 Å². The maximum absolute atomic E-state index is 13.1. The van der Waals surface area contributed by atoms with Crippen LogP contribution in [0.4, 0.5) is 0 Å². The van der Waals surface area contributed by atoms with Crippen molar-refractivity contribution in [2.75, 3.05) is 26.4 Å². The molecule has 2 fully saturated rings. The van der Waals surface area contributed by atoms with E-state index < -0.39 is 10.0 Å². The average molecular weight is 493 g/mol. The summed E-state index contributed by atoms with van der Waals surface area (Å²) in [6, 6.07) is 18.8. The molecule has 0 radical (unpaired) electrons. The summed E-state index contributed by atoms with van der Waals surface area (Å²) in [4.78, 5) is 5.24.